The van der Waals surface area contributed by atoms with Gasteiger partial charge in [-0.2, -0.15) is 0 Å². The Labute approximate surface area is 145 Å². The summed E-state index contributed by atoms with van der Waals surface area (Å²) in [6.07, 6.45) is 7.28. The summed E-state index contributed by atoms with van der Waals surface area (Å²) in [5.41, 5.74) is 4.16. The first-order chi connectivity index (χ1) is 11.6. The predicted molar refractivity (Wildman–Crippen MR) is 95.2 cm³/mol. The van der Waals surface area contributed by atoms with Gasteiger partial charge < -0.3 is 14.4 Å². The van der Waals surface area contributed by atoms with Crippen molar-refractivity contribution in [2.24, 2.45) is 0 Å². The van der Waals surface area contributed by atoms with Crippen molar-refractivity contribution in [1.29, 1.82) is 0 Å². The van der Waals surface area contributed by atoms with Gasteiger partial charge in [0.05, 0.1) is 18.9 Å². The maximum Gasteiger partial charge on any atom is 0.292 e. The van der Waals surface area contributed by atoms with Crippen LogP contribution in [-0.2, 0) is 20.1 Å². The average Bonchev–Trinajstić information content (AvgIpc) is 3.12. The molecule has 0 radical (unpaired) electrons. The van der Waals surface area contributed by atoms with E-state index < -0.39 is 5.79 Å². The molecule has 1 aromatic carbocycles. The number of anilines is 1. The van der Waals surface area contributed by atoms with Gasteiger partial charge in [0.25, 0.3) is 11.7 Å². The summed E-state index contributed by atoms with van der Waals surface area (Å²) in [5.74, 6) is -1.23. The zero-order chi connectivity index (χ0) is 17.2. The van der Waals surface area contributed by atoms with Gasteiger partial charge in [-0.05, 0) is 31.9 Å². The third-order valence-corrected chi connectivity index (χ3v) is 5.03. The summed E-state index contributed by atoms with van der Waals surface area (Å²) in [5, 5.41) is 0. The second-order valence-electron chi connectivity index (χ2n) is 7.02. The van der Waals surface area contributed by atoms with Gasteiger partial charge in [-0.3, -0.25) is 4.79 Å². The molecule has 2 aliphatic heterocycles. The highest BCUT2D eigenvalue weighted by atomic mass is 16.7. The molecule has 0 atom stereocenters. The first kappa shape index (κ1) is 17.4. The van der Waals surface area contributed by atoms with Crippen molar-refractivity contribution >= 4 is 11.6 Å². The van der Waals surface area contributed by atoms with Crippen molar-refractivity contribution in [3.63, 3.8) is 0 Å². The van der Waals surface area contributed by atoms with Gasteiger partial charge >= 0.3 is 0 Å². The number of hydrogen-bond donors (Lipinski definition) is 0. The zero-order valence-electron chi connectivity index (χ0n) is 15.2. The number of hydrogen-bond acceptors (Lipinski definition) is 3. The highest BCUT2D eigenvalue weighted by molar-refractivity contribution is 6.07. The molecule has 0 bridgehead atoms. The van der Waals surface area contributed by atoms with E-state index in [-0.39, 0.29) is 5.91 Å². The molecule has 4 nitrogen and oxygen atoms in total. The molecule has 1 spiro atoms. The lowest BCUT2D eigenvalue weighted by Gasteiger charge is -2.22. The van der Waals surface area contributed by atoms with Gasteiger partial charge in [0, 0.05) is 12.1 Å². The summed E-state index contributed by atoms with van der Waals surface area (Å²) in [4.78, 5) is 15.0. The smallest absolute Gasteiger partial charge is 0.292 e. The molecule has 4 heteroatoms. The van der Waals surface area contributed by atoms with E-state index in [1.54, 1.807) is 0 Å². The van der Waals surface area contributed by atoms with Crippen molar-refractivity contribution in [2.75, 3.05) is 24.7 Å². The highest BCUT2D eigenvalue weighted by Crippen LogP contribution is 2.47. The molecule has 0 aromatic heterocycles. The summed E-state index contributed by atoms with van der Waals surface area (Å²) >= 11 is 0. The molecule has 0 N–H and O–H groups in total. The molecule has 2 heterocycles. The number of amides is 1. The fourth-order valence-electron chi connectivity index (χ4n) is 3.92. The van der Waals surface area contributed by atoms with Crippen LogP contribution in [0.4, 0.5) is 5.69 Å². The second kappa shape index (κ2) is 7.24. The molecule has 1 aromatic rings. The molecule has 1 amide bonds. The maximum absolute atomic E-state index is 13.1. The Bertz CT molecular complexity index is 605. The molecule has 24 heavy (non-hydrogen) atoms. The Morgan fingerprint density at radius 1 is 1.04 bits per heavy atom. The van der Waals surface area contributed by atoms with Gasteiger partial charge in [0.15, 0.2) is 0 Å². The topological polar surface area (TPSA) is 38.8 Å². The van der Waals surface area contributed by atoms with E-state index in [0.717, 1.165) is 35.3 Å². The number of unbranched alkanes of at least 4 members (excludes halogenated alkanes) is 5. The number of carbonyl (C=O) groups is 1. The second-order valence-corrected chi connectivity index (χ2v) is 7.02. The van der Waals surface area contributed by atoms with Crippen LogP contribution in [0.3, 0.4) is 0 Å². The van der Waals surface area contributed by atoms with Gasteiger partial charge in [-0.25, -0.2) is 0 Å². The van der Waals surface area contributed by atoms with E-state index in [1.807, 2.05) is 11.0 Å². The van der Waals surface area contributed by atoms with E-state index in [1.165, 1.54) is 32.1 Å². The quantitative estimate of drug-likeness (QED) is 0.703. The number of carbonyl (C=O) groups excluding carboxylic acids is 1. The Morgan fingerprint density at radius 2 is 1.71 bits per heavy atom. The van der Waals surface area contributed by atoms with Crippen LogP contribution in [0, 0.1) is 13.8 Å². The van der Waals surface area contributed by atoms with Crippen LogP contribution in [0.2, 0.25) is 0 Å². The number of nitrogens with zero attached hydrogens (tertiary/aromatic N) is 1. The number of ether oxygens (including phenoxy) is 2. The molecule has 0 unspecified atom stereocenters. The van der Waals surface area contributed by atoms with Crippen LogP contribution in [-0.4, -0.2) is 25.7 Å². The first-order valence-electron chi connectivity index (χ1n) is 9.31. The maximum atomic E-state index is 13.1. The van der Waals surface area contributed by atoms with E-state index in [0.29, 0.717) is 13.2 Å². The van der Waals surface area contributed by atoms with E-state index in [2.05, 4.69) is 26.8 Å². The number of aryl methyl sites for hydroxylation is 2. The number of benzene rings is 1. The van der Waals surface area contributed by atoms with Crippen LogP contribution < -0.4 is 4.90 Å². The fourth-order valence-corrected chi connectivity index (χ4v) is 3.92. The zero-order valence-corrected chi connectivity index (χ0v) is 15.2. The molecule has 0 saturated carbocycles. The minimum atomic E-state index is -1.19. The van der Waals surface area contributed by atoms with Crippen LogP contribution in [0.5, 0.6) is 0 Å². The fraction of sp³-hybridized carbons (Fsp3) is 0.650. The number of fused-ring (bicyclic) bond motifs is 2. The molecular weight excluding hydrogens is 302 g/mol. The summed E-state index contributed by atoms with van der Waals surface area (Å²) in [6, 6.07) is 4.18. The minimum Gasteiger partial charge on any atom is -0.336 e. The Morgan fingerprint density at radius 3 is 2.42 bits per heavy atom. The van der Waals surface area contributed by atoms with Crippen LogP contribution in [0.1, 0.15) is 62.1 Å². The lowest BCUT2D eigenvalue weighted by atomic mass is 10.0. The molecule has 132 valence electrons. The minimum absolute atomic E-state index is 0.0442. The third-order valence-electron chi connectivity index (χ3n) is 5.03. The average molecular weight is 331 g/mol. The van der Waals surface area contributed by atoms with Gasteiger partial charge in [0.2, 0.25) is 0 Å². The number of rotatable bonds is 7. The van der Waals surface area contributed by atoms with E-state index in [9.17, 15) is 4.79 Å². The van der Waals surface area contributed by atoms with Crippen molar-refractivity contribution in [3.05, 3.63) is 28.8 Å². The molecular formula is C20H29NO3. The Kier molecular flexibility index (Phi) is 5.26. The van der Waals surface area contributed by atoms with Crippen molar-refractivity contribution in [2.45, 2.75) is 65.1 Å². The van der Waals surface area contributed by atoms with Crippen LogP contribution in [0.25, 0.3) is 0 Å². The largest absolute Gasteiger partial charge is 0.336 e. The van der Waals surface area contributed by atoms with Crippen molar-refractivity contribution < 1.29 is 14.3 Å². The normalized spacial score (nSPS) is 18.6. The molecule has 2 aliphatic rings. The highest BCUT2D eigenvalue weighted by Gasteiger charge is 2.56. The van der Waals surface area contributed by atoms with E-state index >= 15 is 0 Å². The lowest BCUT2D eigenvalue weighted by molar-refractivity contribution is -0.180. The summed E-state index contributed by atoms with van der Waals surface area (Å²) in [7, 11) is 0. The Hall–Kier alpha value is -1.39. The monoisotopic (exact) mass is 331 g/mol. The SMILES string of the molecule is CCCCCCCCN1C(=O)C2(OCCO2)c2cc(C)cc(C)c21. The molecule has 3 rings (SSSR count). The molecule has 1 saturated heterocycles. The van der Waals surface area contributed by atoms with Crippen molar-refractivity contribution in [3.8, 4) is 0 Å². The molecule has 1 fully saturated rings. The first-order valence-corrected chi connectivity index (χ1v) is 9.31. The van der Waals surface area contributed by atoms with Gasteiger partial charge in [0.1, 0.15) is 0 Å². The van der Waals surface area contributed by atoms with Gasteiger partial charge in [-0.1, -0.05) is 50.7 Å². The van der Waals surface area contributed by atoms with Gasteiger partial charge in [-0.15, -0.1) is 0 Å². The lowest BCUT2D eigenvalue weighted by Crippen LogP contribution is -2.41. The van der Waals surface area contributed by atoms with E-state index in [4.69, 9.17) is 9.47 Å². The third kappa shape index (κ3) is 2.98. The van der Waals surface area contributed by atoms with Crippen LogP contribution in [0.15, 0.2) is 12.1 Å². The standard InChI is InChI=1S/C20H29NO3/c1-4-5-6-7-8-9-10-21-18-16(3)13-15(2)14-17(18)20(19(21)22)23-11-12-24-20/h13-14H,4-12H2,1-3H3. The Balaban J connectivity index is 1.78. The van der Waals surface area contributed by atoms with Crippen molar-refractivity contribution in [1.82, 2.24) is 0 Å². The van der Waals surface area contributed by atoms with Crippen LogP contribution >= 0.6 is 0 Å². The summed E-state index contributed by atoms with van der Waals surface area (Å²) in [6.45, 7) is 8.05. The summed E-state index contributed by atoms with van der Waals surface area (Å²) < 4.78 is 11.7. The predicted octanol–water partition coefficient (Wildman–Crippen LogP) is 4.21. The molecule has 0 aliphatic carbocycles.